The van der Waals surface area contributed by atoms with E-state index in [0.29, 0.717) is 12.0 Å². The first kappa shape index (κ1) is 14.5. The minimum atomic E-state index is -0.822. The standard InChI is InChI=1S/C12H12BrIN2O/c1-3-12(2,7-15)16-11(17)9-6-8(14)4-5-10(9)13/h4-6H,3H2,1-2H3,(H,16,17). The maximum Gasteiger partial charge on any atom is 0.253 e. The molecule has 0 aliphatic carbocycles. The number of amides is 1. The van der Waals surface area contributed by atoms with Crippen LogP contribution >= 0.6 is 38.5 Å². The second kappa shape index (κ2) is 5.83. The van der Waals surface area contributed by atoms with E-state index in [4.69, 9.17) is 5.26 Å². The summed E-state index contributed by atoms with van der Waals surface area (Å²) >= 11 is 5.48. The largest absolute Gasteiger partial charge is 0.334 e. The fourth-order valence-electron chi connectivity index (χ4n) is 1.18. The Morgan fingerprint density at radius 1 is 1.65 bits per heavy atom. The Bertz CT molecular complexity index is 484. The summed E-state index contributed by atoms with van der Waals surface area (Å²) in [6.45, 7) is 3.58. The van der Waals surface area contributed by atoms with Crippen LogP contribution < -0.4 is 5.32 Å². The van der Waals surface area contributed by atoms with Crippen LogP contribution in [0.3, 0.4) is 0 Å². The number of rotatable bonds is 3. The van der Waals surface area contributed by atoms with Gasteiger partial charge < -0.3 is 5.32 Å². The van der Waals surface area contributed by atoms with Gasteiger partial charge in [0, 0.05) is 8.04 Å². The Balaban J connectivity index is 2.99. The molecule has 0 saturated heterocycles. The normalized spacial score (nSPS) is 13.6. The zero-order valence-electron chi connectivity index (χ0n) is 9.55. The number of carbonyl (C=O) groups excluding carboxylic acids is 1. The van der Waals surface area contributed by atoms with Crippen molar-refractivity contribution in [2.24, 2.45) is 0 Å². The molecule has 0 radical (unpaired) electrons. The van der Waals surface area contributed by atoms with Gasteiger partial charge in [0.1, 0.15) is 5.54 Å². The van der Waals surface area contributed by atoms with E-state index in [2.05, 4.69) is 49.9 Å². The predicted octanol–water partition coefficient (Wildman–Crippen LogP) is 3.48. The van der Waals surface area contributed by atoms with Gasteiger partial charge in [-0.2, -0.15) is 5.26 Å². The molecule has 1 unspecified atom stereocenters. The molecule has 0 bridgehead atoms. The van der Waals surface area contributed by atoms with Crippen LogP contribution in [0.25, 0.3) is 0 Å². The lowest BCUT2D eigenvalue weighted by molar-refractivity contribution is 0.0922. The molecule has 1 amide bonds. The zero-order valence-corrected chi connectivity index (χ0v) is 13.3. The van der Waals surface area contributed by atoms with Gasteiger partial charge in [-0.25, -0.2) is 0 Å². The van der Waals surface area contributed by atoms with Gasteiger partial charge in [0.15, 0.2) is 0 Å². The molecule has 0 heterocycles. The van der Waals surface area contributed by atoms with Gasteiger partial charge >= 0.3 is 0 Å². The number of nitrogens with one attached hydrogen (secondary N) is 1. The molecular weight excluding hydrogens is 395 g/mol. The van der Waals surface area contributed by atoms with Crippen molar-refractivity contribution in [1.82, 2.24) is 5.32 Å². The van der Waals surface area contributed by atoms with E-state index in [9.17, 15) is 4.79 Å². The lowest BCUT2D eigenvalue weighted by Crippen LogP contribution is -2.44. The lowest BCUT2D eigenvalue weighted by atomic mass is 10.0. The molecule has 17 heavy (non-hydrogen) atoms. The van der Waals surface area contributed by atoms with Crippen LogP contribution in [0.2, 0.25) is 0 Å². The van der Waals surface area contributed by atoms with Crippen molar-refractivity contribution in [2.75, 3.05) is 0 Å². The maximum absolute atomic E-state index is 12.1. The van der Waals surface area contributed by atoms with Gasteiger partial charge in [-0.15, -0.1) is 0 Å². The first-order chi connectivity index (χ1) is 7.91. The summed E-state index contributed by atoms with van der Waals surface area (Å²) in [4.78, 5) is 12.1. The number of benzene rings is 1. The van der Waals surface area contributed by atoms with E-state index in [1.54, 1.807) is 13.0 Å². The number of nitrogens with zero attached hydrogens (tertiary/aromatic N) is 1. The molecular formula is C12H12BrIN2O. The summed E-state index contributed by atoms with van der Waals surface area (Å²) in [5, 5.41) is 11.8. The van der Waals surface area contributed by atoms with Crippen molar-refractivity contribution in [3.05, 3.63) is 31.8 Å². The molecule has 1 aromatic rings. The van der Waals surface area contributed by atoms with Crippen molar-refractivity contribution in [3.63, 3.8) is 0 Å². The van der Waals surface area contributed by atoms with Gasteiger partial charge in [0.25, 0.3) is 5.91 Å². The van der Waals surface area contributed by atoms with Gasteiger partial charge in [-0.3, -0.25) is 4.79 Å². The highest BCUT2D eigenvalue weighted by Gasteiger charge is 2.25. The highest BCUT2D eigenvalue weighted by atomic mass is 127. The molecule has 3 nitrogen and oxygen atoms in total. The second-order valence-electron chi connectivity index (χ2n) is 3.88. The summed E-state index contributed by atoms with van der Waals surface area (Å²) < 4.78 is 1.71. The van der Waals surface area contributed by atoms with E-state index in [1.165, 1.54) is 0 Å². The van der Waals surface area contributed by atoms with E-state index in [-0.39, 0.29) is 5.91 Å². The minimum Gasteiger partial charge on any atom is -0.334 e. The highest BCUT2D eigenvalue weighted by molar-refractivity contribution is 14.1. The summed E-state index contributed by atoms with van der Waals surface area (Å²) in [5.41, 5.74) is -0.274. The van der Waals surface area contributed by atoms with Crippen molar-refractivity contribution in [3.8, 4) is 6.07 Å². The summed E-state index contributed by atoms with van der Waals surface area (Å²) in [6, 6.07) is 7.63. The molecule has 5 heteroatoms. The van der Waals surface area contributed by atoms with Crippen LogP contribution in [-0.2, 0) is 0 Å². The Morgan fingerprint density at radius 3 is 2.82 bits per heavy atom. The monoisotopic (exact) mass is 406 g/mol. The Kier molecular flexibility index (Phi) is 4.95. The van der Waals surface area contributed by atoms with Crippen LogP contribution in [0.15, 0.2) is 22.7 Å². The highest BCUT2D eigenvalue weighted by Crippen LogP contribution is 2.20. The summed E-state index contributed by atoms with van der Waals surface area (Å²) in [7, 11) is 0. The van der Waals surface area contributed by atoms with Crippen LogP contribution in [0, 0.1) is 14.9 Å². The quantitative estimate of drug-likeness (QED) is 0.781. The molecule has 1 aromatic carbocycles. The van der Waals surface area contributed by atoms with Crippen LogP contribution in [0.1, 0.15) is 30.6 Å². The van der Waals surface area contributed by atoms with Crippen LogP contribution in [0.4, 0.5) is 0 Å². The van der Waals surface area contributed by atoms with Crippen LogP contribution in [0.5, 0.6) is 0 Å². The Morgan fingerprint density at radius 2 is 2.29 bits per heavy atom. The van der Waals surface area contributed by atoms with Gasteiger partial charge in [0.2, 0.25) is 0 Å². The lowest BCUT2D eigenvalue weighted by Gasteiger charge is -2.21. The number of hydrogen-bond acceptors (Lipinski definition) is 2. The average molecular weight is 407 g/mol. The average Bonchev–Trinajstić information content (AvgIpc) is 2.32. The van der Waals surface area contributed by atoms with E-state index in [1.807, 2.05) is 19.1 Å². The molecule has 1 atom stereocenters. The molecule has 90 valence electrons. The van der Waals surface area contributed by atoms with Crippen molar-refractivity contribution < 1.29 is 4.79 Å². The fourth-order valence-corrected chi connectivity index (χ4v) is 2.10. The fraction of sp³-hybridized carbons (Fsp3) is 0.333. The molecule has 0 aliphatic heterocycles. The smallest absolute Gasteiger partial charge is 0.253 e. The second-order valence-corrected chi connectivity index (χ2v) is 5.98. The Labute approximate surface area is 123 Å². The maximum atomic E-state index is 12.1. The third-order valence-electron chi connectivity index (χ3n) is 2.52. The molecule has 0 spiro atoms. The van der Waals surface area contributed by atoms with Gasteiger partial charge in [-0.1, -0.05) is 6.92 Å². The van der Waals surface area contributed by atoms with E-state index < -0.39 is 5.54 Å². The molecule has 1 rings (SSSR count). The number of hydrogen-bond donors (Lipinski definition) is 1. The van der Waals surface area contributed by atoms with Crippen molar-refractivity contribution >= 4 is 44.4 Å². The minimum absolute atomic E-state index is 0.235. The molecule has 0 aliphatic rings. The number of nitriles is 1. The number of halogens is 2. The third-order valence-corrected chi connectivity index (χ3v) is 3.88. The Hall–Kier alpha value is -0.610. The zero-order chi connectivity index (χ0) is 13.1. The molecule has 0 aromatic heterocycles. The summed E-state index contributed by atoms with van der Waals surface area (Å²) in [6.07, 6.45) is 0.566. The van der Waals surface area contributed by atoms with Crippen molar-refractivity contribution in [2.45, 2.75) is 25.8 Å². The number of carbonyl (C=O) groups is 1. The van der Waals surface area contributed by atoms with E-state index >= 15 is 0 Å². The molecule has 1 N–H and O–H groups in total. The summed E-state index contributed by atoms with van der Waals surface area (Å²) in [5.74, 6) is -0.235. The SMILES string of the molecule is CCC(C)(C#N)NC(=O)c1cc(I)ccc1Br. The van der Waals surface area contributed by atoms with Gasteiger partial charge in [0.05, 0.1) is 11.6 Å². The molecule has 0 saturated carbocycles. The third kappa shape index (κ3) is 3.68. The van der Waals surface area contributed by atoms with Gasteiger partial charge in [-0.05, 0) is 70.1 Å². The molecule has 0 fully saturated rings. The topological polar surface area (TPSA) is 52.9 Å². The van der Waals surface area contributed by atoms with Crippen molar-refractivity contribution in [1.29, 1.82) is 5.26 Å². The first-order valence-corrected chi connectivity index (χ1v) is 6.98. The van der Waals surface area contributed by atoms with Crippen LogP contribution in [-0.4, -0.2) is 11.4 Å². The van der Waals surface area contributed by atoms with E-state index in [0.717, 1.165) is 8.04 Å². The first-order valence-electron chi connectivity index (χ1n) is 5.10. The predicted molar refractivity (Wildman–Crippen MR) is 78.6 cm³/mol.